The Kier molecular flexibility index (Phi) is 3.67. The van der Waals surface area contributed by atoms with Gasteiger partial charge < -0.3 is 0 Å². The molecule has 0 spiro atoms. The van der Waals surface area contributed by atoms with Gasteiger partial charge in [-0.3, -0.25) is 0 Å². The normalized spacial score (nSPS) is 17.9. The zero-order valence-electron chi connectivity index (χ0n) is 10.1. The summed E-state index contributed by atoms with van der Waals surface area (Å²) >= 11 is 0. The number of hydrogen-bond donors (Lipinski definition) is 0. The molecule has 0 amide bonds. The number of hydrogen-bond acceptors (Lipinski definition) is 2. The standard InChI is InChI=1S/C14H18O2S/c1-12-6-8-14(9-7-12)17(15,16)11-10-13-4-2-3-5-13/h6-11,13H,2-5H2,1H3/b11-10+. The van der Waals surface area contributed by atoms with Crippen molar-refractivity contribution in [2.24, 2.45) is 5.92 Å². The number of benzene rings is 1. The van der Waals surface area contributed by atoms with Crippen molar-refractivity contribution in [1.82, 2.24) is 0 Å². The van der Waals surface area contributed by atoms with Crippen LogP contribution in [0.2, 0.25) is 0 Å². The van der Waals surface area contributed by atoms with Gasteiger partial charge in [0.05, 0.1) is 4.90 Å². The van der Waals surface area contributed by atoms with E-state index in [-0.39, 0.29) is 0 Å². The topological polar surface area (TPSA) is 34.1 Å². The van der Waals surface area contributed by atoms with E-state index in [1.54, 1.807) is 12.1 Å². The first-order valence-corrected chi connectivity index (χ1v) is 7.62. The van der Waals surface area contributed by atoms with Crippen molar-refractivity contribution in [3.8, 4) is 0 Å². The van der Waals surface area contributed by atoms with Crippen LogP contribution in [0.4, 0.5) is 0 Å². The molecular weight excluding hydrogens is 232 g/mol. The Hall–Kier alpha value is -1.09. The lowest BCUT2D eigenvalue weighted by molar-refractivity contribution is 0.603. The fourth-order valence-corrected chi connectivity index (χ4v) is 3.27. The van der Waals surface area contributed by atoms with Crippen LogP contribution in [0.25, 0.3) is 0 Å². The highest BCUT2D eigenvalue weighted by Gasteiger charge is 2.14. The monoisotopic (exact) mass is 250 g/mol. The van der Waals surface area contributed by atoms with Crippen LogP contribution in [0.1, 0.15) is 31.2 Å². The van der Waals surface area contributed by atoms with Crippen molar-refractivity contribution in [1.29, 1.82) is 0 Å². The highest BCUT2D eigenvalue weighted by Crippen LogP contribution is 2.26. The van der Waals surface area contributed by atoms with Crippen LogP contribution in [0, 0.1) is 12.8 Å². The molecule has 0 radical (unpaired) electrons. The van der Waals surface area contributed by atoms with Gasteiger partial charge in [0.2, 0.25) is 0 Å². The molecule has 0 unspecified atom stereocenters. The minimum Gasteiger partial charge on any atom is -0.219 e. The Morgan fingerprint density at radius 1 is 1.12 bits per heavy atom. The fraction of sp³-hybridized carbons (Fsp3) is 0.429. The first kappa shape index (κ1) is 12.4. The van der Waals surface area contributed by atoms with Gasteiger partial charge in [-0.1, -0.05) is 36.6 Å². The molecule has 17 heavy (non-hydrogen) atoms. The molecule has 3 heteroatoms. The Morgan fingerprint density at radius 2 is 1.71 bits per heavy atom. The van der Waals surface area contributed by atoms with Crippen molar-refractivity contribution in [3.63, 3.8) is 0 Å². The Morgan fingerprint density at radius 3 is 2.29 bits per heavy atom. The Bertz CT molecular complexity index is 492. The van der Waals surface area contributed by atoms with Gasteiger partial charge in [-0.2, -0.15) is 0 Å². The molecule has 0 saturated heterocycles. The van der Waals surface area contributed by atoms with E-state index in [4.69, 9.17) is 0 Å². The summed E-state index contributed by atoms with van der Waals surface area (Å²) in [7, 11) is -3.25. The summed E-state index contributed by atoms with van der Waals surface area (Å²) in [5, 5.41) is 1.38. The SMILES string of the molecule is Cc1ccc(S(=O)(=O)/C=C/C2CCCC2)cc1. The first-order chi connectivity index (χ1) is 8.08. The minimum atomic E-state index is -3.25. The van der Waals surface area contributed by atoms with Gasteiger partial charge in [0.1, 0.15) is 0 Å². The second-order valence-electron chi connectivity index (χ2n) is 4.73. The maximum absolute atomic E-state index is 12.0. The smallest absolute Gasteiger partial charge is 0.199 e. The van der Waals surface area contributed by atoms with Gasteiger partial charge in [0.15, 0.2) is 9.84 Å². The van der Waals surface area contributed by atoms with E-state index in [0.717, 1.165) is 18.4 Å². The van der Waals surface area contributed by atoms with E-state index in [1.807, 2.05) is 25.1 Å². The second-order valence-corrected chi connectivity index (χ2v) is 6.56. The summed E-state index contributed by atoms with van der Waals surface area (Å²) in [6.07, 6.45) is 6.56. The molecule has 1 aliphatic carbocycles. The zero-order valence-corrected chi connectivity index (χ0v) is 10.9. The third kappa shape index (κ3) is 3.19. The summed E-state index contributed by atoms with van der Waals surface area (Å²) in [4.78, 5) is 0.386. The van der Waals surface area contributed by atoms with E-state index in [2.05, 4.69) is 0 Å². The van der Waals surface area contributed by atoms with Gasteiger partial charge >= 0.3 is 0 Å². The van der Waals surface area contributed by atoms with Gasteiger partial charge in [0.25, 0.3) is 0 Å². The van der Waals surface area contributed by atoms with E-state index >= 15 is 0 Å². The predicted octanol–water partition coefficient (Wildman–Crippen LogP) is 3.47. The zero-order chi connectivity index (χ0) is 12.3. The van der Waals surface area contributed by atoms with Gasteiger partial charge in [-0.25, -0.2) is 8.42 Å². The molecule has 92 valence electrons. The lowest BCUT2D eigenvalue weighted by Crippen LogP contribution is -1.97. The lowest BCUT2D eigenvalue weighted by atomic mass is 10.1. The molecule has 0 N–H and O–H groups in total. The number of sulfone groups is 1. The van der Waals surface area contributed by atoms with Crippen LogP contribution in [0.5, 0.6) is 0 Å². The lowest BCUT2D eigenvalue weighted by Gasteiger charge is -2.02. The van der Waals surface area contributed by atoms with Crippen LogP contribution in [-0.2, 0) is 9.84 Å². The average molecular weight is 250 g/mol. The molecular formula is C14H18O2S. The molecule has 1 aromatic carbocycles. The quantitative estimate of drug-likeness (QED) is 0.823. The van der Waals surface area contributed by atoms with Gasteiger partial charge in [0, 0.05) is 5.41 Å². The van der Waals surface area contributed by atoms with Crippen molar-refractivity contribution in [2.45, 2.75) is 37.5 Å². The summed E-state index contributed by atoms with van der Waals surface area (Å²) in [6, 6.07) is 7.00. The minimum absolute atomic E-state index is 0.386. The number of allylic oxidation sites excluding steroid dienone is 1. The van der Waals surface area contributed by atoms with Crippen molar-refractivity contribution in [2.75, 3.05) is 0 Å². The molecule has 0 aliphatic heterocycles. The van der Waals surface area contributed by atoms with E-state index < -0.39 is 9.84 Å². The van der Waals surface area contributed by atoms with Crippen molar-refractivity contribution >= 4 is 9.84 Å². The summed E-state index contributed by atoms with van der Waals surface area (Å²) < 4.78 is 24.0. The molecule has 2 rings (SSSR count). The highest BCUT2D eigenvalue weighted by atomic mass is 32.2. The molecule has 1 fully saturated rings. The van der Waals surface area contributed by atoms with E-state index in [9.17, 15) is 8.42 Å². The molecule has 1 aromatic rings. The molecule has 1 saturated carbocycles. The Balaban J connectivity index is 2.15. The van der Waals surface area contributed by atoms with Crippen molar-refractivity contribution < 1.29 is 8.42 Å². The third-order valence-electron chi connectivity index (χ3n) is 3.28. The van der Waals surface area contributed by atoms with Gasteiger partial charge in [-0.15, -0.1) is 0 Å². The first-order valence-electron chi connectivity index (χ1n) is 6.08. The average Bonchev–Trinajstić information content (AvgIpc) is 2.80. The third-order valence-corrected chi connectivity index (χ3v) is 4.72. The number of rotatable bonds is 3. The predicted molar refractivity (Wildman–Crippen MR) is 69.5 cm³/mol. The molecule has 1 aliphatic rings. The highest BCUT2D eigenvalue weighted by molar-refractivity contribution is 7.94. The van der Waals surface area contributed by atoms with Crippen LogP contribution >= 0.6 is 0 Å². The maximum Gasteiger partial charge on any atom is 0.199 e. The fourth-order valence-electron chi connectivity index (χ4n) is 2.17. The second kappa shape index (κ2) is 5.05. The summed E-state index contributed by atoms with van der Waals surface area (Å²) in [5.41, 5.74) is 1.07. The van der Waals surface area contributed by atoms with Crippen LogP contribution in [-0.4, -0.2) is 8.42 Å². The van der Waals surface area contributed by atoms with E-state index in [1.165, 1.54) is 18.2 Å². The molecule has 0 aromatic heterocycles. The maximum atomic E-state index is 12.0. The molecule has 0 atom stereocenters. The molecule has 0 heterocycles. The summed E-state index contributed by atoms with van der Waals surface area (Å²) in [5.74, 6) is 0.454. The summed E-state index contributed by atoms with van der Waals surface area (Å²) in [6.45, 7) is 1.95. The Labute approximate surface area is 103 Å². The van der Waals surface area contributed by atoms with E-state index in [0.29, 0.717) is 10.8 Å². The van der Waals surface area contributed by atoms with Gasteiger partial charge in [-0.05, 0) is 37.8 Å². The molecule has 0 bridgehead atoms. The van der Waals surface area contributed by atoms with Crippen molar-refractivity contribution in [3.05, 3.63) is 41.3 Å². The largest absolute Gasteiger partial charge is 0.219 e. The van der Waals surface area contributed by atoms with Crippen LogP contribution < -0.4 is 0 Å². The molecule has 2 nitrogen and oxygen atoms in total. The van der Waals surface area contributed by atoms with Crippen LogP contribution in [0.15, 0.2) is 40.6 Å². The number of aryl methyl sites for hydroxylation is 1. The van der Waals surface area contributed by atoms with Crippen LogP contribution in [0.3, 0.4) is 0 Å².